The van der Waals surface area contributed by atoms with Gasteiger partial charge in [0, 0.05) is 17.2 Å². The second-order valence-electron chi connectivity index (χ2n) is 6.18. The van der Waals surface area contributed by atoms with Crippen LogP contribution in [0.5, 0.6) is 5.75 Å². The average molecular weight is 448 g/mol. The summed E-state index contributed by atoms with van der Waals surface area (Å²) in [4.78, 5) is 29.9. The van der Waals surface area contributed by atoms with E-state index in [4.69, 9.17) is 4.74 Å². The molecule has 1 amide bonds. The second-order valence-corrected chi connectivity index (χ2v) is 7.10. The highest BCUT2D eigenvalue weighted by Gasteiger charge is 2.20. The van der Waals surface area contributed by atoms with Crippen molar-refractivity contribution < 1.29 is 13.9 Å². The summed E-state index contributed by atoms with van der Waals surface area (Å²) in [6.45, 7) is 2.49. The number of unbranched alkanes of at least 4 members (excludes halogenated alkanes) is 1. The van der Waals surface area contributed by atoms with E-state index in [1.54, 1.807) is 30.5 Å². The monoisotopic (exact) mass is 447 g/mol. The molecule has 0 aliphatic heterocycles. The summed E-state index contributed by atoms with van der Waals surface area (Å²) in [5.74, 6) is -0.962. The van der Waals surface area contributed by atoms with E-state index < -0.39 is 11.5 Å². The fraction of sp³-hybridized carbons (Fsp3) is 0.250. The van der Waals surface area contributed by atoms with Crippen molar-refractivity contribution >= 4 is 27.5 Å². The van der Waals surface area contributed by atoms with Crippen molar-refractivity contribution in [2.75, 3.05) is 6.61 Å². The average Bonchev–Trinajstić information content (AvgIpc) is 2.69. The molecule has 0 aliphatic carbocycles. The third kappa shape index (κ3) is 4.56. The predicted molar refractivity (Wildman–Crippen MR) is 107 cm³/mol. The summed E-state index contributed by atoms with van der Waals surface area (Å²) >= 11 is 3.32. The van der Waals surface area contributed by atoms with Gasteiger partial charge >= 0.3 is 5.56 Å². The molecule has 2 aromatic heterocycles. The van der Waals surface area contributed by atoms with Crippen LogP contribution < -0.4 is 15.6 Å². The lowest BCUT2D eigenvalue weighted by atomic mass is 10.2. The minimum Gasteiger partial charge on any atom is -0.486 e. The highest BCUT2D eigenvalue weighted by molar-refractivity contribution is 9.10. The molecular formula is C20H19BrFN3O3. The number of carbonyl (C=O) groups excluding carboxylic acids is 1. The van der Waals surface area contributed by atoms with E-state index in [0.717, 1.165) is 18.4 Å². The number of aromatic nitrogens is 2. The van der Waals surface area contributed by atoms with E-state index in [-0.39, 0.29) is 23.8 Å². The van der Waals surface area contributed by atoms with Crippen LogP contribution in [0, 0.1) is 5.82 Å². The van der Waals surface area contributed by atoms with E-state index >= 15 is 0 Å². The summed E-state index contributed by atoms with van der Waals surface area (Å²) in [6.07, 6.45) is 3.22. The van der Waals surface area contributed by atoms with Crippen molar-refractivity contribution in [3.63, 3.8) is 0 Å². The van der Waals surface area contributed by atoms with E-state index in [9.17, 15) is 14.0 Å². The number of ether oxygens (including phenoxy) is 1. The number of pyridine rings is 1. The predicted octanol–water partition coefficient (Wildman–Crippen LogP) is 3.71. The molecule has 2 heterocycles. The molecule has 3 rings (SSSR count). The first-order valence-corrected chi connectivity index (χ1v) is 9.66. The van der Waals surface area contributed by atoms with Gasteiger partial charge in [0.25, 0.3) is 5.91 Å². The highest BCUT2D eigenvalue weighted by atomic mass is 79.9. The number of halogens is 2. The molecule has 8 heteroatoms. The largest absolute Gasteiger partial charge is 0.486 e. The van der Waals surface area contributed by atoms with Gasteiger partial charge in [-0.2, -0.15) is 0 Å². The van der Waals surface area contributed by atoms with Gasteiger partial charge < -0.3 is 10.1 Å². The van der Waals surface area contributed by atoms with Crippen LogP contribution in [0.25, 0.3) is 5.65 Å². The Bertz CT molecular complexity index is 1050. The van der Waals surface area contributed by atoms with Crippen LogP contribution in [0.3, 0.4) is 0 Å². The SMILES string of the molecule is CCCCOc1c(C(=O)NCc2ccc(F)cc2)nc2ccc(Br)cn2c1=O. The first kappa shape index (κ1) is 20.0. The summed E-state index contributed by atoms with van der Waals surface area (Å²) in [7, 11) is 0. The number of hydrogen-bond donors (Lipinski definition) is 1. The Morgan fingerprint density at radius 2 is 2.00 bits per heavy atom. The first-order valence-electron chi connectivity index (χ1n) is 8.87. The highest BCUT2D eigenvalue weighted by Crippen LogP contribution is 2.16. The van der Waals surface area contributed by atoms with Gasteiger partial charge in [-0.1, -0.05) is 25.5 Å². The molecule has 1 aromatic carbocycles. The zero-order valence-electron chi connectivity index (χ0n) is 15.2. The molecule has 0 atom stereocenters. The molecule has 146 valence electrons. The van der Waals surface area contributed by atoms with Gasteiger partial charge in [-0.05, 0) is 52.2 Å². The zero-order valence-corrected chi connectivity index (χ0v) is 16.8. The summed E-state index contributed by atoms with van der Waals surface area (Å²) in [5, 5.41) is 2.71. The van der Waals surface area contributed by atoms with Crippen molar-refractivity contribution in [1.29, 1.82) is 0 Å². The van der Waals surface area contributed by atoms with Crippen LogP contribution in [-0.2, 0) is 6.54 Å². The van der Waals surface area contributed by atoms with E-state index in [2.05, 4.69) is 26.2 Å². The Morgan fingerprint density at radius 3 is 2.71 bits per heavy atom. The Morgan fingerprint density at radius 1 is 1.25 bits per heavy atom. The number of nitrogens with zero attached hydrogens (tertiary/aromatic N) is 2. The van der Waals surface area contributed by atoms with E-state index in [1.807, 2.05) is 6.92 Å². The lowest BCUT2D eigenvalue weighted by molar-refractivity contribution is 0.0941. The topological polar surface area (TPSA) is 72.7 Å². The Kier molecular flexibility index (Phi) is 6.41. The summed E-state index contributed by atoms with van der Waals surface area (Å²) in [6, 6.07) is 9.17. The van der Waals surface area contributed by atoms with Gasteiger partial charge in [0.1, 0.15) is 11.5 Å². The van der Waals surface area contributed by atoms with Gasteiger partial charge in [0.2, 0.25) is 5.75 Å². The van der Waals surface area contributed by atoms with Gasteiger partial charge in [-0.25, -0.2) is 9.37 Å². The normalized spacial score (nSPS) is 10.8. The number of fused-ring (bicyclic) bond motifs is 1. The number of carbonyl (C=O) groups is 1. The molecule has 0 bridgehead atoms. The third-order valence-electron chi connectivity index (χ3n) is 4.07. The Balaban J connectivity index is 1.93. The van der Waals surface area contributed by atoms with Crippen LogP contribution >= 0.6 is 15.9 Å². The lowest BCUT2D eigenvalue weighted by Gasteiger charge is -2.12. The van der Waals surface area contributed by atoms with Crippen LogP contribution in [0.4, 0.5) is 4.39 Å². The number of hydrogen-bond acceptors (Lipinski definition) is 4. The molecule has 0 saturated heterocycles. The van der Waals surface area contributed by atoms with Gasteiger partial charge in [-0.3, -0.25) is 14.0 Å². The molecule has 0 radical (unpaired) electrons. The van der Waals surface area contributed by atoms with Crippen LogP contribution in [-0.4, -0.2) is 21.9 Å². The number of rotatable bonds is 7. The molecule has 0 saturated carbocycles. The van der Waals surface area contributed by atoms with Crippen molar-refractivity contribution in [2.45, 2.75) is 26.3 Å². The molecule has 0 aliphatic rings. The van der Waals surface area contributed by atoms with Crippen LogP contribution in [0.15, 0.2) is 51.9 Å². The van der Waals surface area contributed by atoms with Crippen molar-refractivity contribution in [2.24, 2.45) is 0 Å². The fourth-order valence-electron chi connectivity index (χ4n) is 2.57. The number of nitrogens with one attached hydrogen (secondary N) is 1. The fourth-order valence-corrected chi connectivity index (χ4v) is 2.90. The minimum absolute atomic E-state index is 0.0643. The summed E-state index contributed by atoms with van der Waals surface area (Å²) < 4.78 is 20.7. The zero-order chi connectivity index (χ0) is 20.1. The molecule has 3 aromatic rings. The molecule has 0 spiro atoms. The minimum atomic E-state index is -0.529. The van der Waals surface area contributed by atoms with Crippen LogP contribution in [0.2, 0.25) is 0 Å². The molecular weight excluding hydrogens is 429 g/mol. The third-order valence-corrected chi connectivity index (χ3v) is 4.54. The quantitative estimate of drug-likeness (QED) is 0.560. The van der Waals surface area contributed by atoms with Gasteiger partial charge in [-0.15, -0.1) is 0 Å². The standard InChI is InChI=1S/C20H19BrFN3O3/c1-2-3-10-28-18-17(19(26)23-11-13-4-7-15(22)8-5-13)24-16-9-6-14(21)12-25(16)20(18)27/h4-9,12H,2-3,10-11H2,1H3,(H,23,26). The maximum absolute atomic E-state index is 13.0. The van der Waals surface area contributed by atoms with Crippen molar-refractivity contribution in [3.8, 4) is 5.75 Å². The van der Waals surface area contributed by atoms with Gasteiger partial charge in [0.05, 0.1) is 6.61 Å². The molecule has 6 nitrogen and oxygen atoms in total. The van der Waals surface area contributed by atoms with E-state index in [0.29, 0.717) is 16.7 Å². The van der Waals surface area contributed by atoms with E-state index in [1.165, 1.54) is 16.5 Å². The maximum atomic E-state index is 13.0. The molecule has 1 N–H and O–H groups in total. The van der Waals surface area contributed by atoms with Crippen LogP contribution in [0.1, 0.15) is 35.8 Å². The molecule has 0 unspecified atom stereocenters. The maximum Gasteiger partial charge on any atom is 0.301 e. The smallest absolute Gasteiger partial charge is 0.301 e. The molecule has 28 heavy (non-hydrogen) atoms. The lowest BCUT2D eigenvalue weighted by Crippen LogP contribution is -2.29. The number of amides is 1. The van der Waals surface area contributed by atoms with Crippen molar-refractivity contribution in [3.05, 3.63) is 74.5 Å². The van der Waals surface area contributed by atoms with Crippen molar-refractivity contribution in [1.82, 2.24) is 14.7 Å². The molecule has 0 fully saturated rings. The number of benzene rings is 1. The summed E-state index contributed by atoms with van der Waals surface area (Å²) in [5.41, 5.74) is 0.549. The Hall–Kier alpha value is -2.74. The Labute approximate surface area is 169 Å². The van der Waals surface area contributed by atoms with Gasteiger partial charge in [0.15, 0.2) is 5.69 Å². The second kappa shape index (κ2) is 8.97. The first-order chi connectivity index (χ1) is 13.5.